The zero-order valence-corrected chi connectivity index (χ0v) is 14.2. The van der Waals surface area contributed by atoms with E-state index in [-0.39, 0.29) is 23.5 Å². The van der Waals surface area contributed by atoms with Crippen LogP contribution in [0.2, 0.25) is 0 Å². The highest BCUT2D eigenvalue weighted by Crippen LogP contribution is 2.47. The number of Topliss-reactive ketones (excluding diaryl/α,β-unsaturated/α-hetero) is 1. The molecule has 0 aliphatic heterocycles. The lowest BCUT2D eigenvalue weighted by Gasteiger charge is -2.30. The number of carbonyl (C=O) groups excluding carboxylic acids is 1. The number of phenolic OH excluding ortho intramolecular Hbond substituents is 1. The second kappa shape index (κ2) is 7.58. The highest BCUT2D eigenvalue weighted by molar-refractivity contribution is 5.99. The molecule has 0 saturated heterocycles. The van der Waals surface area contributed by atoms with E-state index < -0.39 is 23.3 Å². The normalized spacial score (nSPS) is 21.7. The standard InChI is InChI=1S/C19H25F3O2/c1-3-5-12-6-8-13(9-7-12)14-10-11-15(16(23)4-2)18(24)17(14)19(20,21)22/h10-13,24H,3-9H2,1-2H3. The minimum absolute atomic E-state index is 0.0618. The van der Waals surface area contributed by atoms with Crippen molar-refractivity contribution in [3.63, 3.8) is 0 Å². The molecule has 0 radical (unpaired) electrons. The summed E-state index contributed by atoms with van der Waals surface area (Å²) >= 11 is 0. The number of hydrogen-bond donors (Lipinski definition) is 1. The molecule has 0 aromatic heterocycles. The molecule has 1 aromatic carbocycles. The number of phenols is 1. The summed E-state index contributed by atoms with van der Waals surface area (Å²) in [7, 11) is 0. The third-order valence-corrected chi connectivity index (χ3v) is 5.10. The first-order chi connectivity index (χ1) is 11.3. The Kier molecular flexibility index (Phi) is 5.94. The average molecular weight is 342 g/mol. The second-order valence-corrected chi connectivity index (χ2v) is 6.71. The van der Waals surface area contributed by atoms with Crippen molar-refractivity contribution in [3.8, 4) is 5.75 Å². The third-order valence-electron chi connectivity index (χ3n) is 5.10. The molecule has 0 amide bonds. The quantitative estimate of drug-likeness (QED) is 0.659. The Hall–Kier alpha value is -1.52. The molecular weight excluding hydrogens is 317 g/mol. The van der Waals surface area contributed by atoms with Crippen LogP contribution in [0.3, 0.4) is 0 Å². The minimum atomic E-state index is -4.66. The maximum absolute atomic E-state index is 13.5. The van der Waals surface area contributed by atoms with Crippen LogP contribution in [0.1, 0.15) is 86.2 Å². The predicted molar refractivity (Wildman–Crippen MR) is 87.3 cm³/mol. The van der Waals surface area contributed by atoms with Gasteiger partial charge in [-0.05, 0) is 49.1 Å². The van der Waals surface area contributed by atoms with Gasteiger partial charge in [-0.3, -0.25) is 4.79 Å². The Morgan fingerprint density at radius 2 is 1.79 bits per heavy atom. The number of hydrogen-bond acceptors (Lipinski definition) is 2. The molecule has 0 heterocycles. The number of benzene rings is 1. The van der Waals surface area contributed by atoms with Gasteiger partial charge in [-0.15, -0.1) is 0 Å². The fourth-order valence-corrected chi connectivity index (χ4v) is 3.83. The van der Waals surface area contributed by atoms with Gasteiger partial charge in [0.1, 0.15) is 11.3 Å². The van der Waals surface area contributed by atoms with Crippen LogP contribution < -0.4 is 0 Å². The molecule has 1 N–H and O–H groups in total. The van der Waals surface area contributed by atoms with E-state index in [4.69, 9.17) is 0 Å². The summed E-state index contributed by atoms with van der Waals surface area (Å²) in [6.07, 6.45) is 0.864. The first-order valence-corrected chi connectivity index (χ1v) is 8.75. The summed E-state index contributed by atoms with van der Waals surface area (Å²) in [6.45, 7) is 3.69. The summed E-state index contributed by atoms with van der Waals surface area (Å²) in [6, 6.07) is 2.75. The molecule has 1 fully saturated rings. The summed E-state index contributed by atoms with van der Waals surface area (Å²) in [4.78, 5) is 11.8. The van der Waals surface area contributed by atoms with E-state index in [0.717, 1.165) is 25.7 Å². The van der Waals surface area contributed by atoms with Crippen molar-refractivity contribution in [2.45, 2.75) is 70.9 Å². The monoisotopic (exact) mass is 342 g/mol. The molecule has 5 heteroatoms. The molecule has 1 aliphatic carbocycles. The molecule has 24 heavy (non-hydrogen) atoms. The maximum Gasteiger partial charge on any atom is 0.420 e. The number of aromatic hydroxyl groups is 1. The molecule has 0 spiro atoms. The van der Waals surface area contributed by atoms with Gasteiger partial charge in [0, 0.05) is 6.42 Å². The van der Waals surface area contributed by atoms with Gasteiger partial charge in [0.05, 0.1) is 5.56 Å². The van der Waals surface area contributed by atoms with Crippen molar-refractivity contribution in [1.82, 2.24) is 0 Å². The predicted octanol–water partition coefficient (Wildman–Crippen LogP) is 6.08. The SMILES string of the molecule is CCCC1CCC(c2ccc(C(=O)CC)c(O)c2C(F)(F)F)CC1. The molecule has 2 nitrogen and oxygen atoms in total. The summed E-state index contributed by atoms with van der Waals surface area (Å²) in [5, 5.41) is 10.1. The van der Waals surface area contributed by atoms with Crippen LogP contribution in [0.4, 0.5) is 13.2 Å². The van der Waals surface area contributed by atoms with Crippen LogP contribution in [0.15, 0.2) is 12.1 Å². The van der Waals surface area contributed by atoms with E-state index in [0.29, 0.717) is 18.8 Å². The average Bonchev–Trinajstić information content (AvgIpc) is 2.53. The van der Waals surface area contributed by atoms with Gasteiger partial charge in [-0.1, -0.05) is 32.8 Å². The van der Waals surface area contributed by atoms with Crippen LogP contribution in [-0.4, -0.2) is 10.9 Å². The Morgan fingerprint density at radius 3 is 2.29 bits per heavy atom. The smallest absolute Gasteiger partial charge is 0.420 e. The van der Waals surface area contributed by atoms with Gasteiger partial charge in [0.25, 0.3) is 0 Å². The topological polar surface area (TPSA) is 37.3 Å². The Labute approximate surface area is 141 Å². The van der Waals surface area contributed by atoms with Crippen LogP contribution in [0.25, 0.3) is 0 Å². The summed E-state index contributed by atoms with van der Waals surface area (Å²) in [5.41, 5.74) is -1.10. The fourth-order valence-electron chi connectivity index (χ4n) is 3.83. The van der Waals surface area contributed by atoms with E-state index in [1.54, 1.807) is 6.92 Å². The lowest BCUT2D eigenvalue weighted by molar-refractivity contribution is -0.139. The Bertz CT molecular complexity index is 585. The fraction of sp³-hybridized carbons (Fsp3) is 0.632. The van der Waals surface area contributed by atoms with Gasteiger partial charge in [0.15, 0.2) is 5.78 Å². The van der Waals surface area contributed by atoms with Crippen LogP contribution in [0, 0.1) is 5.92 Å². The highest BCUT2D eigenvalue weighted by atomic mass is 19.4. The number of carbonyl (C=O) groups is 1. The lowest BCUT2D eigenvalue weighted by Crippen LogP contribution is -2.18. The van der Waals surface area contributed by atoms with Crippen LogP contribution >= 0.6 is 0 Å². The molecule has 1 aromatic rings. The molecule has 134 valence electrons. The van der Waals surface area contributed by atoms with Gasteiger partial charge in [-0.2, -0.15) is 13.2 Å². The zero-order chi connectivity index (χ0) is 17.9. The van der Waals surface area contributed by atoms with E-state index in [2.05, 4.69) is 6.92 Å². The maximum atomic E-state index is 13.5. The van der Waals surface area contributed by atoms with Crippen molar-refractivity contribution in [3.05, 3.63) is 28.8 Å². The third kappa shape index (κ3) is 3.93. The van der Waals surface area contributed by atoms with E-state index in [1.165, 1.54) is 12.1 Å². The van der Waals surface area contributed by atoms with E-state index >= 15 is 0 Å². The van der Waals surface area contributed by atoms with Gasteiger partial charge in [0.2, 0.25) is 0 Å². The zero-order valence-electron chi connectivity index (χ0n) is 14.2. The van der Waals surface area contributed by atoms with Crippen molar-refractivity contribution in [1.29, 1.82) is 0 Å². The summed E-state index contributed by atoms with van der Waals surface area (Å²) in [5.74, 6) is -0.986. The molecule has 1 aliphatic rings. The molecule has 0 unspecified atom stereocenters. The largest absolute Gasteiger partial charge is 0.507 e. The molecule has 0 bridgehead atoms. The van der Waals surface area contributed by atoms with E-state index in [1.807, 2.05) is 0 Å². The molecular formula is C19H25F3O2. The van der Waals surface area contributed by atoms with Crippen molar-refractivity contribution < 1.29 is 23.1 Å². The number of alkyl halides is 3. The number of halogens is 3. The molecule has 0 atom stereocenters. The summed E-state index contributed by atoms with van der Waals surface area (Å²) < 4.78 is 40.6. The van der Waals surface area contributed by atoms with Crippen LogP contribution in [0.5, 0.6) is 5.75 Å². The Morgan fingerprint density at radius 1 is 1.17 bits per heavy atom. The van der Waals surface area contributed by atoms with Crippen molar-refractivity contribution >= 4 is 5.78 Å². The first-order valence-electron chi connectivity index (χ1n) is 8.75. The lowest BCUT2D eigenvalue weighted by atomic mass is 9.75. The number of rotatable bonds is 5. The van der Waals surface area contributed by atoms with Crippen LogP contribution in [-0.2, 0) is 6.18 Å². The molecule has 2 rings (SSSR count). The number of ketones is 1. The van der Waals surface area contributed by atoms with Crippen molar-refractivity contribution in [2.75, 3.05) is 0 Å². The van der Waals surface area contributed by atoms with Gasteiger partial charge < -0.3 is 5.11 Å². The first kappa shape index (κ1) is 18.8. The van der Waals surface area contributed by atoms with Crippen molar-refractivity contribution in [2.24, 2.45) is 5.92 Å². The van der Waals surface area contributed by atoms with E-state index in [9.17, 15) is 23.1 Å². The Balaban J connectivity index is 2.37. The minimum Gasteiger partial charge on any atom is -0.507 e. The highest BCUT2D eigenvalue weighted by Gasteiger charge is 2.40. The molecule has 1 saturated carbocycles. The van der Waals surface area contributed by atoms with Gasteiger partial charge in [-0.25, -0.2) is 0 Å². The second-order valence-electron chi connectivity index (χ2n) is 6.71. The van der Waals surface area contributed by atoms with Gasteiger partial charge >= 0.3 is 6.18 Å².